The second kappa shape index (κ2) is 12.2. The van der Waals surface area contributed by atoms with E-state index in [0.29, 0.717) is 23.6 Å². The number of amides is 2. The van der Waals surface area contributed by atoms with Crippen molar-refractivity contribution in [2.75, 3.05) is 26.1 Å². The number of hydrogen-bond acceptors (Lipinski definition) is 6. The minimum Gasteiger partial charge on any atom is -0.493 e. The van der Waals surface area contributed by atoms with Gasteiger partial charge in [-0.05, 0) is 54.4 Å². The Balaban J connectivity index is 1.60. The third-order valence-corrected chi connectivity index (χ3v) is 7.13. The molecule has 0 saturated carbocycles. The third-order valence-electron chi connectivity index (χ3n) is 5.94. The summed E-state index contributed by atoms with van der Waals surface area (Å²) in [6, 6.07) is 18.7. The van der Waals surface area contributed by atoms with Crippen LogP contribution >= 0.6 is 11.8 Å². The summed E-state index contributed by atoms with van der Waals surface area (Å²) in [5.41, 5.74) is 0.600. The quantitative estimate of drug-likeness (QED) is 0.372. The number of nitrogens with one attached hydrogen (secondary N) is 1. The number of aliphatic imine (C=N–C) groups is 1. The number of hydrogen-bond donors (Lipinski definition) is 1. The minimum absolute atomic E-state index is 0.0281. The Hall–Kier alpha value is -3.99. The number of benzene rings is 3. The lowest BCUT2D eigenvalue weighted by Gasteiger charge is -2.32. The van der Waals surface area contributed by atoms with Crippen LogP contribution in [0.3, 0.4) is 0 Å². The van der Waals surface area contributed by atoms with E-state index in [9.17, 15) is 22.8 Å². The second-order valence-corrected chi connectivity index (χ2v) is 9.76. The highest BCUT2D eigenvalue weighted by atomic mass is 32.2. The maximum Gasteiger partial charge on any atom is 0.416 e. The van der Waals surface area contributed by atoms with Gasteiger partial charge in [-0.2, -0.15) is 13.2 Å². The molecule has 1 N–H and O–H groups in total. The molecule has 2 amide bonds. The van der Waals surface area contributed by atoms with E-state index >= 15 is 0 Å². The van der Waals surface area contributed by atoms with E-state index in [1.807, 2.05) is 12.1 Å². The topological polar surface area (TPSA) is 80.2 Å². The number of carbonyl (C=O) groups excluding carboxylic acids is 2. The Labute approximate surface area is 228 Å². The lowest BCUT2D eigenvalue weighted by Crippen LogP contribution is -2.46. The maximum absolute atomic E-state index is 13.3. The summed E-state index contributed by atoms with van der Waals surface area (Å²) in [7, 11) is 3.05. The molecule has 204 valence electrons. The van der Waals surface area contributed by atoms with Gasteiger partial charge in [0.05, 0.1) is 25.5 Å². The predicted molar refractivity (Wildman–Crippen MR) is 145 cm³/mol. The summed E-state index contributed by atoms with van der Waals surface area (Å²) < 4.78 is 50.5. The average Bonchev–Trinajstić information content (AvgIpc) is 2.92. The van der Waals surface area contributed by atoms with Crippen LogP contribution in [0.1, 0.15) is 17.5 Å². The van der Waals surface area contributed by atoms with Crippen LogP contribution in [0, 0.1) is 0 Å². The molecule has 11 heteroatoms. The highest BCUT2D eigenvalue weighted by molar-refractivity contribution is 8.15. The molecule has 1 fully saturated rings. The molecule has 1 aliphatic heterocycles. The second-order valence-electron chi connectivity index (χ2n) is 8.59. The van der Waals surface area contributed by atoms with Gasteiger partial charge in [-0.1, -0.05) is 42.1 Å². The molecule has 0 radical (unpaired) electrons. The van der Waals surface area contributed by atoms with Crippen LogP contribution in [-0.2, 0) is 22.2 Å². The molecule has 0 aromatic heterocycles. The molecule has 4 rings (SSSR count). The number of ether oxygens (including phenoxy) is 2. The zero-order valence-electron chi connectivity index (χ0n) is 21.2. The fourth-order valence-corrected chi connectivity index (χ4v) is 5.07. The highest BCUT2D eigenvalue weighted by Crippen LogP contribution is 2.34. The first kappa shape index (κ1) is 28.0. The normalized spacial score (nSPS) is 16.7. The number of carbonyl (C=O) groups is 2. The zero-order valence-corrected chi connectivity index (χ0v) is 22.0. The van der Waals surface area contributed by atoms with Gasteiger partial charge in [0.25, 0.3) is 0 Å². The SMILES string of the molecule is COc1ccc(CCN2C(=O)C[C@H](C(=O)Nc3ccccc3)SC2=Nc2cccc(C(F)(F)F)c2)cc1OC. The van der Waals surface area contributed by atoms with E-state index in [1.165, 1.54) is 31.3 Å². The summed E-state index contributed by atoms with van der Waals surface area (Å²) in [5.74, 6) is 0.346. The van der Waals surface area contributed by atoms with Crippen LogP contribution in [-0.4, -0.2) is 47.9 Å². The smallest absolute Gasteiger partial charge is 0.416 e. The number of methoxy groups -OCH3 is 2. The predicted octanol–water partition coefficient (Wildman–Crippen LogP) is 5.93. The fraction of sp³-hybridized carbons (Fsp3) is 0.250. The summed E-state index contributed by atoms with van der Waals surface area (Å²) in [6.07, 6.45) is -4.22. The van der Waals surface area contributed by atoms with E-state index in [1.54, 1.807) is 36.4 Å². The number of para-hydroxylation sites is 1. The summed E-state index contributed by atoms with van der Waals surface area (Å²) >= 11 is 1.04. The Bertz CT molecular complexity index is 1370. The minimum atomic E-state index is -4.54. The molecule has 1 heterocycles. The first-order valence-corrected chi connectivity index (χ1v) is 12.9. The van der Waals surface area contributed by atoms with Gasteiger partial charge < -0.3 is 14.8 Å². The first-order valence-electron chi connectivity index (χ1n) is 12.0. The summed E-state index contributed by atoms with van der Waals surface area (Å²) in [5, 5.41) is 2.13. The standard InChI is InChI=1S/C28H26F3N3O4S/c1-37-22-12-11-18(15-23(22)38-2)13-14-34-25(35)17-24(26(36)32-20-8-4-3-5-9-20)39-27(34)33-21-10-6-7-19(16-21)28(29,30)31/h3-12,15-16,24H,13-14,17H2,1-2H3,(H,32,36)/t24-/m1/s1. The summed E-state index contributed by atoms with van der Waals surface area (Å²) in [6.45, 7) is 0.201. The van der Waals surface area contributed by atoms with Crippen LogP contribution in [0.5, 0.6) is 11.5 Å². The first-order chi connectivity index (χ1) is 18.7. The number of alkyl halides is 3. The van der Waals surface area contributed by atoms with Crippen molar-refractivity contribution in [2.45, 2.75) is 24.3 Å². The molecule has 39 heavy (non-hydrogen) atoms. The van der Waals surface area contributed by atoms with Crippen LogP contribution < -0.4 is 14.8 Å². The molecule has 3 aromatic rings. The van der Waals surface area contributed by atoms with Gasteiger partial charge in [-0.15, -0.1) is 0 Å². The van der Waals surface area contributed by atoms with Crippen molar-refractivity contribution in [2.24, 2.45) is 4.99 Å². The number of rotatable bonds is 8. The van der Waals surface area contributed by atoms with Crippen molar-refractivity contribution >= 4 is 40.1 Å². The van der Waals surface area contributed by atoms with Gasteiger partial charge in [0.2, 0.25) is 11.8 Å². The molecular formula is C28H26F3N3O4S. The molecule has 0 spiro atoms. The Morgan fingerprint density at radius 2 is 1.77 bits per heavy atom. The van der Waals surface area contributed by atoms with Gasteiger partial charge in [-0.3, -0.25) is 14.5 Å². The van der Waals surface area contributed by atoms with Gasteiger partial charge in [0.1, 0.15) is 5.25 Å². The average molecular weight is 558 g/mol. The van der Waals surface area contributed by atoms with Crippen molar-refractivity contribution in [1.82, 2.24) is 4.90 Å². The van der Waals surface area contributed by atoms with Crippen LogP contribution in [0.15, 0.2) is 77.8 Å². The van der Waals surface area contributed by atoms with Crippen LogP contribution in [0.2, 0.25) is 0 Å². The highest BCUT2D eigenvalue weighted by Gasteiger charge is 2.36. The van der Waals surface area contributed by atoms with Crippen molar-refractivity contribution in [1.29, 1.82) is 0 Å². The fourth-order valence-electron chi connectivity index (χ4n) is 3.94. The molecule has 7 nitrogen and oxygen atoms in total. The van der Waals surface area contributed by atoms with Crippen molar-refractivity contribution in [3.63, 3.8) is 0 Å². The van der Waals surface area contributed by atoms with Crippen LogP contribution in [0.4, 0.5) is 24.5 Å². The van der Waals surface area contributed by atoms with E-state index in [2.05, 4.69) is 10.3 Å². The third kappa shape index (κ3) is 7.11. The molecule has 0 unspecified atom stereocenters. The Morgan fingerprint density at radius 3 is 2.46 bits per heavy atom. The van der Waals surface area contributed by atoms with Gasteiger partial charge >= 0.3 is 6.18 Å². The van der Waals surface area contributed by atoms with Gasteiger partial charge in [0, 0.05) is 18.7 Å². The zero-order chi connectivity index (χ0) is 28.0. The lowest BCUT2D eigenvalue weighted by molar-refractivity contribution is -0.137. The van der Waals surface area contributed by atoms with E-state index in [-0.39, 0.29) is 29.7 Å². The molecule has 0 aliphatic carbocycles. The van der Waals surface area contributed by atoms with E-state index in [4.69, 9.17) is 9.47 Å². The molecule has 0 bridgehead atoms. The maximum atomic E-state index is 13.3. The van der Waals surface area contributed by atoms with Gasteiger partial charge in [0.15, 0.2) is 16.7 Å². The number of amidine groups is 1. The van der Waals surface area contributed by atoms with Crippen LogP contribution in [0.25, 0.3) is 0 Å². The van der Waals surface area contributed by atoms with Crippen molar-refractivity contribution in [3.05, 3.63) is 83.9 Å². The molecule has 3 aromatic carbocycles. The number of nitrogens with zero attached hydrogens (tertiary/aromatic N) is 2. The van der Waals surface area contributed by atoms with Gasteiger partial charge in [-0.25, -0.2) is 4.99 Å². The molecule has 1 saturated heterocycles. The van der Waals surface area contributed by atoms with Crippen molar-refractivity contribution < 1.29 is 32.2 Å². The number of anilines is 1. The molecular weight excluding hydrogens is 531 g/mol. The van der Waals surface area contributed by atoms with Crippen molar-refractivity contribution in [3.8, 4) is 11.5 Å². The summed E-state index contributed by atoms with van der Waals surface area (Å²) in [4.78, 5) is 32.0. The van der Waals surface area contributed by atoms with E-state index in [0.717, 1.165) is 29.5 Å². The molecule has 1 aliphatic rings. The lowest BCUT2D eigenvalue weighted by atomic mass is 10.1. The number of thioether (sulfide) groups is 1. The molecule has 1 atom stereocenters. The monoisotopic (exact) mass is 557 g/mol. The van der Waals surface area contributed by atoms with E-state index < -0.39 is 22.9 Å². The Morgan fingerprint density at radius 1 is 1.03 bits per heavy atom. The number of halogens is 3. The Kier molecular flexibility index (Phi) is 8.80. The largest absolute Gasteiger partial charge is 0.493 e.